The average Bonchev–Trinajstić information content (AvgIpc) is 3.34. The Labute approximate surface area is 155 Å². The van der Waals surface area contributed by atoms with E-state index in [0.717, 1.165) is 35.7 Å². The third-order valence-electron chi connectivity index (χ3n) is 5.41. The number of halogens is 1. The molecular weight excluding hydrogens is 354 g/mol. The van der Waals surface area contributed by atoms with Crippen LogP contribution in [0.3, 0.4) is 0 Å². The van der Waals surface area contributed by atoms with Crippen LogP contribution in [0.2, 0.25) is 5.15 Å². The highest BCUT2D eigenvalue weighted by Gasteiger charge is 2.29. The number of aromatic nitrogens is 5. The lowest BCUT2D eigenvalue weighted by Gasteiger charge is -2.39. The first kappa shape index (κ1) is 16.0. The molecule has 0 radical (unpaired) electrons. The molecule has 0 amide bonds. The van der Waals surface area contributed by atoms with E-state index in [1.807, 2.05) is 21.5 Å². The Morgan fingerprint density at radius 1 is 1.27 bits per heavy atom. The highest BCUT2D eigenvalue weighted by molar-refractivity contribution is 6.29. The maximum absolute atomic E-state index is 10.1. The molecule has 2 aliphatic rings. The molecule has 26 heavy (non-hydrogen) atoms. The van der Waals surface area contributed by atoms with Crippen LogP contribution in [0, 0.1) is 0 Å². The second-order valence-corrected chi connectivity index (χ2v) is 7.44. The van der Waals surface area contributed by atoms with Crippen molar-refractivity contribution < 1.29 is 5.11 Å². The summed E-state index contributed by atoms with van der Waals surface area (Å²) in [6, 6.07) is 0.388. The Kier molecular flexibility index (Phi) is 3.66. The molecule has 0 aliphatic carbocycles. The van der Waals surface area contributed by atoms with E-state index in [9.17, 15) is 5.11 Å². The molecule has 3 aromatic rings. The lowest BCUT2D eigenvalue weighted by Crippen LogP contribution is -2.46. The summed E-state index contributed by atoms with van der Waals surface area (Å²) in [6.07, 6.45) is 7.98. The number of fused-ring (bicyclic) bond motifs is 1. The highest BCUT2D eigenvalue weighted by Crippen LogP contribution is 2.32. The summed E-state index contributed by atoms with van der Waals surface area (Å²) in [5.41, 5.74) is 2.46. The van der Waals surface area contributed by atoms with Crippen LogP contribution in [0.4, 0.5) is 5.82 Å². The fourth-order valence-electron chi connectivity index (χ4n) is 3.68. The van der Waals surface area contributed by atoms with Gasteiger partial charge >= 0.3 is 0 Å². The number of anilines is 1. The number of aliphatic hydroxyl groups excluding tert-OH is 1. The van der Waals surface area contributed by atoms with Crippen molar-refractivity contribution in [2.75, 3.05) is 24.5 Å². The second kappa shape index (κ2) is 5.94. The van der Waals surface area contributed by atoms with Gasteiger partial charge in [0.2, 0.25) is 0 Å². The van der Waals surface area contributed by atoms with E-state index in [0.29, 0.717) is 24.3 Å². The van der Waals surface area contributed by atoms with Gasteiger partial charge in [-0.2, -0.15) is 5.10 Å². The van der Waals surface area contributed by atoms with Crippen LogP contribution in [0.5, 0.6) is 0 Å². The quantitative estimate of drug-likeness (QED) is 0.721. The van der Waals surface area contributed by atoms with Crippen molar-refractivity contribution in [3.05, 3.63) is 29.9 Å². The van der Waals surface area contributed by atoms with Gasteiger partial charge in [0.15, 0.2) is 11.5 Å². The zero-order valence-electron chi connectivity index (χ0n) is 14.4. The van der Waals surface area contributed by atoms with Crippen molar-refractivity contribution in [2.45, 2.75) is 31.5 Å². The number of hydrogen-bond acceptors (Lipinski definition) is 6. The number of hydrogen-bond donors (Lipinski definition) is 2. The number of nitrogens with zero attached hydrogens (tertiary/aromatic N) is 6. The molecule has 0 saturated carbocycles. The molecule has 0 spiro atoms. The third-order valence-corrected chi connectivity index (χ3v) is 5.69. The molecule has 3 atom stereocenters. The molecule has 5 heterocycles. The van der Waals surface area contributed by atoms with Crippen LogP contribution >= 0.6 is 11.6 Å². The van der Waals surface area contributed by atoms with Gasteiger partial charge in [-0.3, -0.25) is 9.08 Å². The summed E-state index contributed by atoms with van der Waals surface area (Å²) in [7, 11) is 0. The predicted octanol–water partition coefficient (Wildman–Crippen LogP) is 1.35. The van der Waals surface area contributed by atoms with Crippen molar-refractivity contribution in [3.8, 4) is 11.3 Å². The van der Waals surface area contributed by atoms with E-state index in [-0.39, 0.29) is 6.04 Å². The topological polar surface area (TPSA) is 83.5 Å². The molecule has 8 nitrogen and oxygen atoms in total. The largest absolute Gasteiger partial charge is 0.390 e. The van der Waals surface area contributed by atoms with E-state index in [1.165, 1.54) is 0 Å². The molecule has 2 aliphatic heterocycles. The van der Waals surface area contributed by atoms with Gasteiger partial charge in [-0.05, 0) is 13.3 Å². The lowest BCUT2D eigenvalue weighted by atomic mass is 10.1. The van der Waals surface area contributed by atoms with E-state index >= 15 is 0 Å². The first-order chi connectivity index (χ1) is 12.6. The zero-order chi connectivity index (χ0) is 17.8. The van der Waals surface area contributed by atoms with Crippen LogP contribution in [-0.4, -0.2) is 61.0 Å². The number of rotatable bonds is 3. The fourth-order valence-corrected chi connectivity index (χ4v) is 3.86. The van der Waals surface area contributed by atoms with Gasteiger partial charge in [-0.15, -0.1) is 0 Å². The minimum absolute atomic E-state index is 0.0563. The minimum Gasteiger partial charge on any atom is -0.390 e. The molecule has 2 fully saturated rings. The van der Waals surface area contributed by atoms with Crippen LogP contribution in [0.25, 0.3) is 16.9 Å². The molecule has 2 saturated heterocycles. The molecule has 3 aromatic heterocycles. The van der Waals surface area contributed by atoms with E-state index in [1.54, 1.807) is 12.4 Å². The zero-order valence-corrected chi connectivity index (χ0v) is 15.1. The summed E-state index contributed by atoms with van der Waals surface area (Å²) in [5, 5.41) is 18.3. The summed E-state index contributed by atoms with van der Waals surface area (Å²) >= 11 is 6.33. The Morgan fingerprint density at radius 2 is 2.15 bits per heavy atom. The monoisotopic (exact) mass is 373 g/mol. The molecule has 0 aromatic carbocycles. The second-order valence-electron chi connectivity index (χ2n) is 7.06. The SMILES string of the molecule is C[C@H]1CCN1c1nc(-c2cnn([C@H]3CNC[C@@H]3O)c2)cn2c(Cl)cnc12. The van der Waals surface area contributed by atoms with Crippen molar-refractivity contribution in [3.63, 3.8) is 0 Å². The number of β-amino-alcohol motifs (C(OH)–C–C–N with tert-alkyl or cyclic N) is 1. The van der Waals surface area contributed by atoms with E-state index < -0.39 is 6.10 Å². The number of aliphatic hydroxyl groups is 1. The van der Waals surface area contributed by atoms with Gasteiger partial charge in [0, 0.05) is 43.6 Å². The van der Waals surface area contributed by atoms with Gasteiger partial charge in [-0.25, -0.2) is 9.97 Å². The van der Waals surface area contributed by atoms with Crippen molar-refractivity contribution >= 4 is 23.1 Å². The standard InChI is InChI=1S/C17H20ClN7O/c1-10-2-3-23(10)17-16-20-7-15(18)24(16)9-12(22-17)11-4-21-25(8-11)13-5-19-6-14(13)26/h4,7-10,13-14,19,26H,2-3,5-6H2,1H3/t10-,13-,14-/m0/s1. The summed E-state index contributed by atoms with van der Waals surface area (Å²) in [5.74, 6) is 0.850. The predicted molar refractivity (Wildman–Crippen MR) is 98.6 cm³/mol. The van der Waals surface area contributed by atoms with Crippen LogP contribution in [-0.2, 0) is 0 Å². The fraction of sp³-hybridized carbons (Fsp3) is 0.471. The molecule has 136 valence electrons. The van der Waals surface area contributed by atoms with Crippen molar-refractivity contribution in [2.24, 2.45) is 0 Å². The normalized spacial score (nSPS) is 25.8. The van der Waals surface area contributed by atoms with Gasteiger partial charge in [0.05, 0.1) is 30.2 Å². The first-order valence-corrected chi connectivity index (χ1v) is 9.23. The molecular formula is C17H20ClN7O. The maximum Gasteiger partial charge on any atom is 0.181 e. The molecule has 2 N–H and O–H groups in total. The highest BCUT2D eigenvalue weighted by atomic mass is 35.5. The molecule has 5 rings (SSSR count). The van der Waals surface area contributed by atoms with Crippen molar-refractivity contribution in [1.82, 2.24) is 29.5 Å². The van der Waals surface area contributed by atoms with Crippen molar-refractivity contribution in [1.29, 1.82) is 0 Å². The summed E-state index contributed by atoms with van der Waals surface area (Å²) in [4.78, 5) is 11.5. The lowest BCUT2D eigenvalue weighted by molar-refractivity contribution is 0.145. The summed E-state index contributed by atoms with van der Waals surface area (Å²) < 4.78 is 3.68. The molecule has 9 heteroatoms. The van der Waals surface area contributed by atoms with Gasteiger partial charge < -0.3 is 15.3 Å². The van der Waals surface area contributed by atoms with Gasteiger partial charge in [0.25, 0.3) is 0 Å². The molecule has 0 bridgehead atoms. The Bertz CT molecular complexity index is 967. The number of imidazole rings is 1. The van der Waals surface area contributed by atoms with E-state index in [2.05, 4.69) is 27.2 Å². The van der Waals surface area contributed by atoms with E-state index in [4.69, 9.17) is 16.6 Å². The summed E-state index contributed by atoms with van der Waals surface area (Å²) in [6.45, 7) is 4.45. The maximum atomic E-state index is 10.1. The average molecular weight is 374 g/mol. The van der Waals surface area contributed by atoms with Crippen LogP contribution in [0.1, 0.15) is 19.4 Å². The van der Waals surface area contributed by atoms with Gasteiger partial charge in [-0.1, -0.05) is 11.6 Å². The van der Waals surface area contributed by atoms with Crippen LogP contribution in [0.15, 0.2) is 24.8 Å². The minimum atomic E-state index is -0.432. The molecule has 0 unspecified atom stereocenters. The number of nitrogens with one attached hydrogen (secondary N) is 1. The Hall–Kier alpha value is -2.16. The first-order valence-electron chi connectivity index (χ1n) is 8.85. The van der Waals surface area contributed by atoms with Gasteiger partial charge in [0.1, 0.15) is 5.15 Å². The Balaban J connectivity index is 1.59. The third kappa shape index (κ3) is 2.40. The smallest absolute Gasteiger partial charge is 0.181 e. The van der Waals surface area contributed by atoms with Crippen LogP contribution < -0.4 is 10.2 Å². The Morgan fingerprint density at radius 3 is 2.85 bits per heavy atom.